The van der Waals surface area contributed by atoms with Crippen LogP contribution in [0.4, 0.5) is 11.4 Å². The molecule has 0 fully saturated rings. The standard InChI is InChI=1S/C28H31ClN4O/c1-5-32(6-2)20-12-10-18(11-13-20)25-22(17-30)27(31)33(21-9-7-8-19(29)14-21)23-15-28(3,4)16-24(34)26(23)25/h7-14,25H,5-6,15-16,31H2,1-4H3/t25-/m1/s1. The van der Waals surface area contributed by atoms with E-state index in [0.29, 0.717) is 34.8 Å². The number of ketones is 1. The SMILES string of the molecule is CCN(CC)c1ccc([C@@H]2C(C#N)=C(N)N(c3cccc(Cl)c3)C3=C2C(=O)CC(C)(C)C3)cc1. The predicted molar refractivity (Wildman–Crippen MR) is 139 cm³/mol. The van der Waals surface area contributed by atoms with Crippen molar-refractivity contribution in [1.82, 2.24) is 0 Å². The van der Waals surface area contributed by atoms with Crippen molar-refractivity contribution in [3.05, 3.63) is 81.8 Å². The summed E-state index contributed by atoms with van der Waals surface area (Å²) in [6, 6.07) is 17.9. The summed E-state index contributed by atoms with van der Waals surface area (Å²) in [6.07, 6.45) is 1.11. The van der Waals surface area contributed by atoms with Gasteiger partial charge >= 0.3 is 0 Å². The third-order valence-corrected chi connectivity index (χ3v) is 7.04. The van der Waals surface area contributed by atoms with Crippen LogP contribution < -0.4 is 15.5 Å². The maximum absolute atomic E-state index is 13.6. The number of anilines is 2. The van der Waals surface area contributed by atoms with Crippen molar-refractivity contribution < 1.29 is 4.79 Å². The summed E-state index contributed by atoms with van der Waals surface area (Å²) >= 11 is 6.30. The molecule has 2 aliphatic rings. The molecule has 2 aromatic carbocycles. The molecule has 0 saturated carbocycles. The van der Waals surface area contributed by atoms with Gasteiger partial charge in [0.1, 0.15) is 5.82 Å². The number of allylic oxidation sites excluding steroid dienone is 3. The van der Waals surface area contributed by atoms with Gasteiger partial charge < -0.3 is 10.6 Å². The number of carbonyl (C=O) groups excluding carboxylic acids is 1. The molecule has 0 amide bonds. The molecule has 1 heterocycles. The number of benzene rings is 2. The zero-order valence-electron chi connectivity index (χ0n) is 20.2. The molecular weight excluding hydrogens is 444 g/mol. The van der Waals surface area contributed by atoms with E-state index in [2.05, 4.69) is 50.8 Å². The second-order valence-corrected chi connectivity index (χ2v) is 10.2. The highest BCUT2D eigenvalue weighted by atomic mass is 35.5. The van der Waals surface area contributed by atoms with Gasteiger partial charge in [-0.2, -0.15) is 5.26 Å². The largest absolute Gasteiger partial charge is 0.384 e. The van der Waals surface area contributed by atoms with E-state index in [1.165, 1.54) is 0 Å². The Balaban J connectivity index is 1.92. The third-order valence-electron chi connectivity index (χ3n) is 6.80. The summed E-state index contributed by atoms with van der Waals surface area (Å²) in [4.78, 5) is 17.7. The van der Waals surface area contributed by atoms with Crippen LogP contribution in [0, 0.1) is 16.7 Å². The van der Waals surface area contributed by atoms with E-state index in [9.17, 15) is 10.1 Å². The Hall–Kier alpha value is -3.23. The van der Waals surface area contributed by atoms with Crippen LogP contribution in [0.5, 0.6) is 0 Å². The minimum atomic E-state index is -0.482. The van der Waals surface area contributed by atoms with E-state index in [0.717, 1.165) is 35.7 Å². The van der Waals surface area contributed by atoms with Crippen molar-refractivity contribution in [1.29, 1.82) is 5.26 Å². The highest BCUT2D eigenvalue weighted by molar-refractivity contribution is 6.30. The van der Waals surface area contributed by atoms with Gasteiger partial charge in [-0.25, -0.2) is 0 Å². The molecule has 1 aliphatic heterocycles. The van der Waals surface area contributed by atoms with Gasteiger partial charge in [-0.1, -0.05) is 43.6 Å². The zero-order valence-corrected chi connectivity index (χ0v) is 21.0. The number of hydrogen-bond donors (Lipinski definition) is 1. The van der Waals surface area contributed by atoms with Gasteiger partial charge in [0.2, 0.25) is 0 Å². The van der Waals surface area contributed by atoms with Crippen molar-refractivity contribution in [2.75, 3.05) is 22.9 Å². The fraction of sp³-hybridized carbons (Fsp3) is 0.357. The van der Waals surface area contributed by atoms with E-state index in [-0.39, 0.29) is 11.2 Å². The Bertz CT molecular complexity index is 1220. The molecule has 0 bridgehead atoms. The lowest BCUT2D eigenvalue weighted by Crippen LogP contribution is -2.42. The molecule has 176 valence electrons. The lowest BCUT2D eigenvalue weighted by atomic mass is 9.68. The first-order valence-electron chi connectivity index (χ1n) is 11.8. The van der Waals surface area contributed by atoms with Crippen LogP contribution in [0.2, 0.25) is 5.02 Å². The molecule has 2 aromatic rings. The normalized spacial score (nSPS) is 19.7. The van der Waals surface area contributed by atoms with Crippen LogP contribution in [0.25, 0.3) is 0 Å². The maximum Gasteiger partial charge on any atom is 0.162 e. The lowest BCUT2D eigenvalue weighted by Gasteiger charge is -2.43. The van der Waals surface area contributed by atoms with Crippen molar-refractivity contribution in [2.24, 2.45) is 11.1 Å². The van der Waals surface area contributed by atoms with Crippen LogP contribution in [-0.2, 0) is 4.79 Å². The van der Waals surface area contributed by atoms with Crippen LogP contribution in [-0.4, -0.2) is 18.9 Å². The minimum Gasteiger partial charge on any atom is -0.384 e. The van der Waals surface area contributed by atoms with Crippen molar-refractivity contribution in [3.8, 4) is 6.07 Å². The van der Waals surface area contributed by atoms with Crippen LogP contribution in [0.1, 0.15) is 52.0 Å². The van der Waals surface area contributed by atoms with Gasteiger partial charge in [0.05, 0.1) is 17.6 Å². The molecule has 2 N–H and O–H groups in total. The highest BCUT2D eigenvalue weighted by Gasteiger charge is 2.44. The van der Waals surface area contributed by atoms with Crippen molar-refractivity contribution in [3.63, 3.8) is 0 Å². The number of nitrogens with zero attached hydrogens (tertiary/aromatic N) is 3. The molecule has 0 unspecified atom stereocenters. The van der Waals surface area contributed by atoms with Gasteiger partial charge in [-0.3, -0.25) is 9.69 Å². The number of nitrogens with two attached hydrogens (primary N) is 1. The summed E-state index contributed by atoms with van der Waals surface area (Å²) in [5.41, 5.74) is 11.2. The lowest BCUT2D eigenvalue weighted by molar-refractivity contribution is -0.118. The molecule has 0 saturated heterocycles. The Kier molecular flexibility index (Phi) is 6.47. The number of hydrogen-bond acceptors (Lipinski definition) is 5. The first-order valence-corrected chi connectivity index (χ1v) is 12.1. The van der Waals surface area contributed by atoms with Crippen LogP contribution in [0.15, 0.2) is 71.2 Å². The van der Waals surface area contributed by atoms with Gasteiger partial charge in [0, 0.05) is 47.2 Å². The predicted octanol–water partition coefficient (Wildman–Crippen LogP) is 6.13. The number of carbonyl (C=O) groups is 1. The first-order chi connectivity index (χ1) is 16.2. The summed E-state index contributed by atoms with van der Waals surface area (Å²) in [5, 5.41) is 10.8. The molecule has 34 heavy (non-hydrogen) atoms. The summed E-state index contributed by atoms with van der Waals surface area (Å²) < 4.78 is 0. The minimum absolute atomic E-state index is 0.0661. The Morgan fingerprint density at radius 3 is 2.41 bits per heavy atom. The van der Waals surface area contributed by atoms with Crippen molar-refractivity contribution >= 4 is 28.8 Å². The number of rotatable bonds is 5. The van der Waals surface area contributed by atoms with E-state index in [4.69, 9.17) is 17.3 Å². The highest BCUT2D eigenvalue weighted by Crippen LogP contribution is 2.50. The average molecular weight is 475 g/mol. The number of halogens is 1. The molecule has 0 aromatic heterocycles. The third kappa shape index (κ3) is 4.19. The van der Waals surface area contributed by atoms with E-state index in [1.54, 1.807) is 6.07 Å². The molecule has 1 atom stereocenters. The Morgan fingerprint density at radius 1 is 1.15 bits per heavy atom. The van der Waals surface area contributed by atoms with Gasteiger partial charge in [-0.15, -0.1) is 0 Å². The summed E-state index contributed by atoms with van der Waals surface area (Å²) in [7, 11) is 0. The monoisotopic (exact) mass is 474 g/mol. The Morgan fingerprint density at radius 2 is 1.82 bits per heavy atom. The summed E-state index contributed by atoms with van der Waals surface area (Å²) in [6.45, 7) is 10.3. The first kappa shape index (κ1) is 23.9. The van der Waals surface area contributed by atoms with Gasteiger partial charge in [-0.05, 0) is 61.6 Å². The van der Waals surface area contributed by atoms with E-state index in [1.807, 2.05) is 35.2 Å². The topological polar surface area (TPSA) is 73.4 Å². The molecule has 4 rings (SSSR count). The molecule has 0 spiro atoms. The molecule has 5 nitrogen and oxygen atoms in total. The molecule has 0 radical (unpaired) electrons. The number of nitriles is 1. The summed E-state index contributed by atoms with van der Waals surface area (Å²) in [5.74, 6) is -0.0621. The quantitative estimate of drug-likeness (QED) is 0.564. The fourth-order valence-electron chi connectivity index (χ4n) is 5.22. The zero-order chi connectivity index (χ0) is 24.6. The van der Waals surface area contributed by atoms with Gasteiger partial charge in [0.15, 0.2) is 5.78 Å². The fourth-order valence-corrected chi connectivity index (χ4v) is 5.40. The van der Waals surface area contributed by atoms with Gasteiger partial charge in [0.25, 0.3) is 0 Å². The molecule has 1 aliphatic carbocycles. The maximum atomic E-state index is 13.6. The van der Waals surface area contributed by atoms with Crippen LogP contribution >= 0.6 is 11.6 Å². The van der Waals surface area contributed by atoms with Crippen LogP contribution in [0.3, 0.4) is 0 Å². The average Bonchev–Trinajstić information content (AvgIpc) is 2.79. The molecule has 6 heteroatoms. The number of Topliss-reactive ketones (excluding diaryl/α,β-unsaturated/α-hetero) is 1. The van der Waals surface area contributed by atoms with E-state index < -0.39 is 5.92 Å². The second-order valence-electron chi connectivity index (χ2n) is 9.72. The van der Waals surface area contributed by atoms with E-state index >= 15 is 0 Å². The molecular formula is C28H31ClN4O. The second kappa shape index (κ2) is 9.19. The van der Waals surface area contributed by atoms with Crippen molar-refractivity contribution in [2.45, 2.75) is 46.5 Å². The smallest absolute Gasteiger partial charge is 0.162 e. The Labute approximate surface area is 207 Å².